The first-order valence-corrected chi connectivity index (χ1v) is 9.30. The third-order valence-corrected chi connectivity index (χ3v) is 4.38. The van der Waals surface area contributed by atoms with Crippen molar-refractivity contribution < 1.29 is 9.53 Å². The van der Waals surface area contributed by atoms with Gasteiger partial charge in [-0.25, -0.2) is 5.01 Å². The van der Waals surface area contributed by atoms with Gasteiger partial charge in [-0.05, 0) is 30.7 Å². The van der Waals surface area contributed by atoms with Gasteiger partial charge in [-0.3, -0.25) is 9.78 Å². The number of pyridine rings is 1. The highest BCUT2D eigenvalue weighted by atomic mass is 16.5. The van der Waals surface area contributed by atoms with Gasteiger partial charge in [0.2, 0.25) is 0 Å². The first-order valence-electron chi connectivity index (χ1n) is 9.30. The van der Waals surface area contributed by atoms with E-state index in [-0.39, 0.29) is 5.91 Å². The number of hydrogen-bond acceptors (Lipinski definition) is 4. The van der Waals surface area contributed by atoms with Crippen molar-refractivity contribution in [2.45, 2.75) is 39.0 Å². The number of unbranched alkanes of at least 4 members (excludes halogenated alkanes) is 3. The van der Waals surface area contributed by atoms with Gasteiger partial charge in [0.25, 0.3) is 5.91 Å². The largest absolute Gasteiger partial charge is 0.494 e. The molecule has 1 aromatic heterocycles. The molecule has 0 bridgehead atoms. The molecule has 0 saturated heterocycles. The molecule has 5 nitrogen and oxygen atoms in total. The number of aromatic nitrogens is 1. The smallest absolute Gasteiger partial charge is 0.275 e. The van der Waals surface area contributed by atoms with E-state index < -0.39 is 0 Å². The maximum Gasteiger partial charge on any atom is 0.275 e. The van der Waals surface area contributed by atoms with Gasteiger partial charge in [-0.1, -0.05) is 38.3 Å². The lowest BCUT2D eigenvalue weighted by molar-refractivity contribution is 0.0778. The van der Waals surface area contributed by atoms with Gasteiger partial charge in [-0.15, -0.1) is 0 Å². The molecule has 136 valence electrons. The molecule has 2 aromatic rings. The Morgan fingerprint density at radius 3 is 2.92 bits per heavy atom. The molecule has 0 fully saturated rings. The highest BCUT2D eigenvalue weighted by molar-refractivity contribution is 6.04. The van der Waals surface area contributed by atoms with Crippen LogP contribution in [0.4, 0.5) is 0 Å². The summed E-state index contributed by atoms with van der Waals surface area (Å²) in [6.45, 7) is 3.53. The second-order valence-corrected chi connectivity index (χ2v) is 6.40. The number of ether oxygens (including phenoxy) is 1. The van der Waals surface area contributed by atoms with E-state index in [4.69, 9.17) is 4.74 Å². The summed E-state index contributed by atoms with van der Waals surface area (Å²) >= 11 is 0. The second kappa shape index (κ2) is 9.13. The molecule has 2 heterocycles. The summed E-state index contributed by atoms with van der Waals surface area (Å²) < 4.78 is 5.85. The maximum atomic E-state index is 12.5. The van der Waals surface area contributed by atoms with Crippen LogP contribution in [0.3, 0.4) is 0 Å². The molecule has 3 rings (SSSR count). The molecule has 5 heteroatoms. The topological polar surface area (TPSA) is 54.8 Å². The van der Waals surface area contributed by atoms with Crippen molar-refractivity contribution in [3.63, 3.8) is 0 Å². The van der Waals surface area contributed by atoms with Crippen LogP contribution >= 0.6 is 0 Å². The summed E-state index contributed by atoms with van der Waals surface area (Å²) in [5.41, 5.74) is 2.48. The SMILES string of the molecule is CCCCCCOc1cccc(C2=NN(C(=O)c3cccnc3)CC2)c1. The Balaban J connectivity index is 1.62. The Labute approximate surface area is 154 Å². The first kappa shape index (κ1) is 18.1. The van der Waals surface area contributed by atoms with E-state index in [0.29, 0.717) is 12.1 Å². The lowest BCUT2D eigenvalue weighted by Gasteiger charge is -2.10. The minimum atomic E-state index is -0.114. The number of benzene rings is 1. The molecular weight excluding hydrogens is 326 g/mol. The predicted molar refractivity (Wildman–Crippen MR) is 103 cm³/mol. The van der Waals surface area contributed by atoms with Gasteiger partial charge in [0.15, 0.2) is 0 Å². The highest BCUT2D eigenvalue weighted by Gasteiger charge is 2.22. The van der Waals surface area contributed by atoms with E-state index in [1.807, 2.05) is 24.3 Å². The molecule has 0 radical (unpaired) electrons. The van der Waals surface area contributed by atoms with Gasteiger partial charge >= 0.3 is 0 Å². The van der Waals surface area contributed by atoms with Crippen LogP contribution in [0.15, 0.2) is 53.9 Å². The van der Waals surface area contributed by atoms with Gasteiger partial charge in [0, 0.05) is 24.4 Å². The summed E-state index contributed by atoms with van der Waals surface area (Å²) in [5, 5.41) is 6.03. The van der Waals surface area contributed by atoms with Gasteiger partial charge in [0.05, 0.1) is 24.4 Å². The van der Waals surface area contributed by atoms with E-state index in [9.17, 15) is 4.79 Å². The number of nitrogens with zero attached hydrogens (tertiary/aromatic N) is 3. The van der Waals surface area contributed by atoms with Gasteiger partial charge in [-0.2, -0.15) is 5.10 Å². The van der Waals surface area contributed by atoms with Crippen LogP contribution in [0.1, 0.15) is 54.9 Å². The van der Waals surface area contributed by atoms with Crippen molar-refractivity contribution in [2.75, 3.05) is 13.2 Å². The minimum Gasteiger partial charge on any atom is -0.494 e. The Kier molecular flexibility index (Phi) is 6.36. The zero-order valence-electron chi connectivity index (χ0n) is 15.2. The molecule has 0 unspecified atom stereocenters. The van der Waals surface area contributed by atoms with E-state index in [1.54, 1.807) is 24.5 Å². The van der Waals surface area contributed by atoms with Gasteiger partial charge in [0.1, 0.15) is 5.75 Å². The third-order valence-electron chi connectivity index (χ3n) is 4.38. The van der Waals surface area contributed by atoms with Crippen molar-refractivity contribution >= 4 is 11.6 Å². The molecule has 0 N–H and O–H groups in total. The van der Waals surface area contributed by atoms with Crippen molar-refractivity contribution in [1.82, 2.24) is 9.99 Å². The van der Waals surface area contributed by atoms with E-state index in [2.05, 4.69) is 17.0 Å². The van der Waals surface area contributed by atoms with Crippen LogP contribution < -0.4 is 4.74 Å². The number of rotatable bonds is 8. The zero-order chi connectivity index (χ0) is 18.2. The fourth-order valence-electron chi connectivity index (χ4n) is 2.93. The molecule has 1 amide bonds. The molecule has 0 atom stereocenters. The van der Waals surface area contributed by atoms with Gasteiger partial charge < -0.3 is 4.74 Å². The minimum absolute atomic E-state index is 0.114. The number of hydrogen-bond donors (Lipinski definition) is 0. The number of amides is 1. The van der Waals surface area contributed by atoms with Crippen LogP contribution in [0.2, 0.25) is 0 Å². The van der Waals surface area contributed by atoms with Crippen molar-refractivity contribution in [1.29, 1.82) is 0 Å². The third kappa shape index (κ3) is 4.69. The Morgan fingerprint density at radius 1 is 1.19 bits per heavy atom. The monoisotopic (exact) mass is 351 g/mol. The fraction of sp³-hybridized carbons (Fsp3) is 0.381. The maximum absolute atomic E-state index is 12.5. The summed E-state index contributed by atoms with van der Waals surface area (Å²) in [5.74, 6) is 0.746. The fourth-order valence-corrected chi connectivity index (χ4v) is 2.93. The highest BCUT2D eigenvalue weighted by Crippen LogP contribution is 2.20. The molecule has 26 heavy (non-hydrogen) atoms. The average Bonchev–Trinajstić information content (AvgIpc) is 3.18. The Hall–Kier alpha value is -2.69. The summed E-state index contributed by atoms with van der Waals surface area (Å²) in [6, 6.07) is 11.5. The summed E-state index contributed by atoms with van der Waals surface area (Å²) in [6.07, 6.45) is 8.73. The van der Waals surface area contributed by atoms with Crippen LogP contribution in [0.25, 0.3) is 0 Å². The first-order chi connectivity index (χ1) is 12.8. The Bertz CT molecular complexity index is 759. The van der Waals surface area contributed by atoms with E-state index >= 15 is 0 Å². The van der Waals surface area contributed by atoms with Crippen LogP contribution in [-0.2, 0) is 0 Å². The predicted octanol–water partition coefficient (Wildman–Crippen LogP) is 4.29. The molecule has 0 aliphatic carbocycles. The van der Waals surface area contributed by atoms with Crippen LogP contribution in [0, 0.1) is 0 Å². The van der Waals surface area contributed by atoms with E-state index in [0.717, 1.165) is 36.5 Å². The number of carbonyl (C=O) groups is 1. The standard InChI is InChI=1S/C21H25N3O2/c1-2-3-4-5-14-26-19-10-6-8-17(15-19)20-11-13-24(23-20)21(25)18-9-7-12-22-16-18/h6-10,12,15-16H,2-5,11,13-14H2,1H3. The molecular formula is C21H25N3O2. The lowest BCUT2D eigenvalue weighted by atomic mass is 10.1. The number of hydrazone groups is 1. The van der Waals surface area contributed by atoms with Crippen molar-refractivity contribution in [3.05, 3.63) is 59.9 Å². The van der Waals surface area contributed by atoms with Crippen molar-refractivity contribution in [3.8, 4) is 5.75 Å². The quantitative estimate of drug-likeness (QED) is 0.667. The lowest BCUT2D eigenvalue weighted by Crippen LogP contribution is -2.23. The molecule has 1 aromatic carbocycles. The normalized spacial score (nSPS) is 13.6. The molecule has 0 saturated carbocycles. The van der Waals surface area contributed by atoms with E-state index in [1.165, 1.54) is 24.3 Å². The Morgan fingerprint density at radius 2 is 2.12 bits per heavy atom. The van der Waals surface area contributed by atoms with Crippen molar-refractivity contribution in [2.24, 2.45) is 5.10 Å². The summed E-state index contributed by atoms with van der Waals surface area (Å²) in [4.78, 5) is 16.5. The number of carbonyl (C=O) groups excluding carboxylic acids is 1. The molecule has 0 spiro atoms. The van der Waals surface area contributed by atoms with Crippen LogP contribution in [0.5, 0.6) is 5.75 Å². The second-order valence-electron chi connectivity index (χ2n) is 6.40. The zero-order valence-corrected chi connectivity index (χ0v) is 15.2. The molecule has 1 aliphatic rings. The summed E-state index contributed by atoms with van der Waals surface area (Å²) in [7, 11) is 0. The molecule has 1 aliphatic heterocycles. The average molecular weight is 351 g/mol. The van der Waals surface area contributed by atoms with Crippen LogP contribution in [-0.4, -0.2) is 34.8 Å².